The molecule has 0 spiro atoms. The maximum Gasteiger partial charge on any atom is 0.115 e. The van der Waals surface area contributed by atoms with Gasteiger partial charge < -0.3 is 5.11 Å². The maximum absolute atomic E-state index is 9.39. The molecule has 0 fully saturated rings. The van der Waals surface area contributed by atoms with Crippen LogP contribution in [-0.2, 0) is 0 Å². The lowest BCUT2D eigenvalue weighted by atomic mass is 9.91. The van der Waals surface area contributed by atoms with Gasteiger partial charge in [-0.1, -0.05) is 45.7 Å². The molecule has 15 heavy (non-hydrogen) atoms. The Bertz CT molecular complexity index is 293. The van der Waals surface area contributed by atoms with E-state index in [-0.39, 0.29) is 0 Å². The van der Waals surface area contributed by atoms with Crippen molar-refractivity contribution in [2.24, 2.45) is 5.92 Å². The zero-order valence-electron chi connectivity index (χ0n) is 10.0. The van der Waals surface area contributed by atoms with Gasteiger partial charge >= 0.3 is 0 Å². The Morgan fingerprint density at radius 3 is 2.53 bits per heavy atom. The van der Waals surface area contributed by atoms with Crippen LogP contribution in [0.15, 0.2) is 24.3 Å². The van der Waals surface area contributed by atoms with Crippen molar-refractivity contribution in [1.82, 2.24) is 0 Å². The summed E-state index contributed by atoms with van der Waals surface area (Å²) in [6, 6.07) is 7.62. The third-order valence-electron chi connectivity index (χ3n) is 3.23. The summed E-state index contributed by atoms with van der Waals surface area (Å²) in [6.45, 7) is 6.77. The van der Waals surface area contributed by atoms with Gasteiger partial charge in [0.15, 0.2) is 0 Å². The van der Waals surface area contributed by atoms with Gasteiger partial charge in [-0.05, 0) is 36.0 Å². The summed E-state index contributed by atoms with van der Waals surface area (Å²) >= 11 is 0. The molecule has 0 heterocycles. The van der Waals surface area contributed by atoms with Crippen molar-refractivity contribution in [2.75, 3.05) is 0 Å². The van der Waals surface area contributed by atoms with E-state index in [9.17, 15) is 5.11 Å². The number of phenolic OH excluding ortho intramolecular Hbond substituents is 1. The van der Waals surface area contributed by atoms with Crippen molar-refractivity contribution >= 4 is 0 Å². The number of aromatic hydroxyl groups is 1. The molecular weight excluding hydrogens is 184 g/mol. The van der Waals surface area contributed by atoms with Crippen molar-refractivity contribution in [1.29, 1.82) is 0 Å². The summed E-state index contributed by atoms with van der Waals surface area (Å²) in [7, 11) is 0. The number of rotatable bonds is 5. The van der Waals surface area contributed by atoms with Crippen LogP contribution in [0.4, 0.5) is 0 Å². The molecular formula is C14H22O. The van der Waals surface area contributed by atoms with Crippen molar-refractivity contribution in [3.05, 3.63) is 29.8 Å². The normalized spacial score (nSPS) is 14.9. The summed E-state index contributed by atoms with van der Waals surface area (Å²) in [4.78, 5) is 0. The highest BCUT2D eigenvalue weighted by Gasteiger charge is 2.08. The Kier molecular flexibility index (Phi) is 4.67. The van der Waals surface area contributed by atoms with E-state index in [1.165, 1.54) is 24.8 Å². The monoisotopic (exact) mass is 206 g/mol. The van der Waals surface area contributed by atoms with Crippen LogP contribution in [-0.4, -0.2) is 5.11 Å². The van der Waals surface area contributed by atoms with E-state index in [4.69, 9.17) is 0 Å². The lowest BCUT2D eigenvalue weighted by molar-refractivity contribution is 0.462. The van der Waals surface area contributed by atoms with Crippen LogP contribution in [0.3, 0.4) is 0 Å². The molecule has 0 saturated heterocycles. The van der Waals surface area contributed by atoms with E-state index in [1.807, 2.05) is 12.1 Å². The van der Waals surface area contributed by atoms with E-state index in [2.05, 4.69) is 26.8 Å². The summed E-state index contributed by atoms with van der Waals surface area (Å²) in [6.07, 6.45) is 3.73. The summed E-state index contributed by atoms with van der Waals surface area (Å²) in [5.41, 5.74) is 1.25. The third-order valence-corrected chi connectivity index (χ3v) is 3.23. The quantitative estimate of drug-likeness (QED) is 0.760. The Hall–Kier alpha value is -0.980. The van der Waals surface area contributed by atoms with Gasteiger partial charge in [-0.15, -0.1) is 0 Å². The van der Waals surface area contributed by atoms with Gasteiger partial charge in [0.2, 0.25) is 0 Å². The number of hydrogen-bond acceptors (Lipinski definition) is 1. The molecule has 0 aliphatic heterocycles. The van der Waals surface area contributed by atoms with E-state index < -0.39 is 0 Å². The fourth-order valence-electron chi connectivity index (χ4n) is 1.74. The van der Waals surface area contributed by atoms with Crippen LogP contribution in [0.1, 0.15) is 51.5 Å². The first kappa shape index (κ1) is 12.1. The highest BCUT2D eigenvalue weighted by atomic mass is 16.3. The molecule has 1 heteroatoms. The smallest absolute Gasteiger partial charge is 0.115 e. The maximum atomic E-state index is 9.39. The Morgan fingerprint density at radius 2 is 1.93 bits per heavy atom. The number of phenols is 1. The Labute approximate surface area is 93.1 Å². The first-order valence-electron chi connectivity index (χ1n) is 5.92. The predicted octanol–water partition coefficient (Wildman–Crippen LogP) is 4.32. The minimum Gasteiger partial charge on any atom is -0.508 e. The second kappa shape index (κ2) is 5.79. The SMILES string of the molecule is CCC(C)CCC(C)c1cccc(O)c1. The van der Waals surface area contributed by atoms with Crippen LogP contribution in [0.5, 0.6) is 5.75 Å². The van der Waals surface area contributed by atoms with Gasteiger partial charge in [0.25, 0.3) is 0 Å². The highest BCUT2D eigenvalue weighted by molar-refractivity contribution is 5.29. The molecule has 0 saturated carbocycles. The fourth-order valence-corrected chi connectivity index (χ4v) is 1.74. The molecule has 2 unspecified atom stereocenters. The second-order valence-electron chi connectivity index (χ2n) is 4.59. The van der Waals surface area contributed by atoms with Crippen LogP contribution in [0.2, 0.25) is 0 Å². The van der Waals surface area contributed by atoms with Crippen molar-refractivity contribution in [3.63, 3.8) is 0 Å². The van der Waals surface area contributed by atoms with Gasteiger partial charge in [-0.2, -0.15) is 0 Å². The molecule has 2 atom stereocenters. The Balaban J connectivity index is 2.50. The topological polar surface area (TPSA) is 20.2 Å². The van der Waals surface area contributed by atoms with Crippen LogP contribution in [0, 0.1) is 5.92 Å². The highest BCUT2D eigenvalue weighted by Crippen LogP contribution is 2.25. The summed E-state index contributed by atoms with van der Waals surface area (Å²) in [5, 5.41) is 9.39. The van der Waals surface area contributed by atoms with E-state index in [0.29, 0.717) is 11.7 Å². The second-order valence-corrected chi connectivity index (χ2v) is 4.59. The van der Waals surface area contributed by atoms with E-state index >= 15 is 0 Å². The number of hydrogen-bond donors (Lipinski definition) is 1. The average molecular weight is 206 g/mol. The van der Waals surface area contributed by atoms with Gasteiger partial charge in [-0.3, -0.25) is 0 Å². The molecule has 0 aliphatic rings. The lowest BCUT2D eigenvalue weighted by Gasteiger charge is -2.14. The molecule has 0 radical (unpaired) electrons. The van der Waals surface area contributed by atoms with Gasteiger partial charge in [-0.25, -0.2) is 0 Å². The Morgan fingerprint density at radius 1 is 1.20 bits per heavy atom. The predicted molar refractivity (Wildman–Crippen MR) is 65.2 cm³/mol. The van der Waals surface area contributed by atoms with Gasteiger partial charge in [0.1, 0.15) is 5.75 Å². The van der Waals surface area contributed by atoms with Crippen LogP contribution < -0.4 is 0 Å². The van der Waals surface area contributed by atoms with Crippen LogP contribution in [0.25, 0.3) is 0 Å². The molecule has 1 rings (SSSR count). The first-order chi connectivity index (χ1) is 7.13. The largest absolute Gasteiger partial charge is 0.508 e. The molecule has 1 nitrogen and oxygen atoms in total. The van der Waals surface area contributed by atoms with E-state index in [1.54, 1.807) is 6.07 Å². The molecule has 0 aliphatic carbocycles. The molecule has 0 aromatic heterocycles. The molecule has 1 aromatic carbocycles. The van der Waals surface area contributed by atoms with Crippen molar-refractivity contribution in [3.8, 4) is 5.75 Å². The van der Waals surface area contributed by atoms with Crippen molar-refractivity contribution < 1.29 is 5.11 Å². The fraction of sp³-hybridized carbons (Fsp3) is 0.571. The molecule has 0 bridgehead atoms. The minimum atomic E-state index is 0.378. The lowest BCUT2D eigenvalue weighted by Crippen LogP contribution is -1.98. The molecule has 1 aromatic rings. The zero-order valence-corrected chi connectivity index (χ0v) is 10.0. The van der Waals surface area contributed by atoms with Crippen molar-refractivity contribution in [2.45, 2.75) is 46.0 Å². The van der Waals surface area contributed by atoms with Crippen LogP contribution >= 0.6 is 0 Å². The molecule has 1 N–H and O–H groups in total. The first-order valence-corrected chi connectivity index (χ1v) is 5.92. The third kappa shape index (κ3) is 3.94. The van der Waals surface area contributed by atoms with Gasteiger partial charge in [0.05, 0.1) is 0 Å². The van der Waals surface area contributed by atoms with E-state index in [0.717, 1.165) is 5.92 Å². The summed E-state index contributed by atoms with van der Waals surface area (Å²) in [5.74, 6) is 1.73. The number of benzene rings is 1. The molecule has 84 valence electrons. The zero-order chi connectivity index (χ0) is 11.3. The molecule has 0 amide bonds. The standard InChI is InChI=1S/C14H22O/c1-4-11(2)8-9-12(3)13-6-5-7-14(15)10-13/h5-7,10-12,15H,4,8-9H2,1-3H3. The average Bonchev–Trinajstić information content (AvgIpc) is 2.25. The summed E-state index contributed by atoms with van der Waals surface area (Å²) < 4.78 is 0. The minimum absolute atomic E-state index is 0.378. The van der Waals surface area contributed by atoms with Gasteiger partial charge in [0, 0.05) is 0 Å².